The summed E-state index contributed by atoms with van der Waals surface area (Å²) in [6, 6.07) is 7.55. The van der Waals surface area contributed by atoms with Gasteiger partial charge >= 0.3 is 0 Å². The number of anilines is 2. The van der Waals surface area contributed by atoms with Crippen LogP contribution in [0.15, 0.2) is 29.6 Å². The number of amides is 2. The summed E-state index contributed by atoms with van der Waals surface area (Å²) in [5.41, 5.74) is 7.78. The van der Waals surface area contributed by atoms with Gasteiger partial charge in [0, 0.05) is 35.5 Å². The van der Waals surface area contributed by atoms with E-state index in [2.05, 4.69) is 15.6 Å². The third kappa shape index (κ3) is 4.14. The molecule has 0 atom stereocenters. The van der Waals surface area contributed by atoms with Crippen LogP contribution < -0.4 is 16.4 Å². The van der Waals surface area contributed by atoms with Crippen molar-refractivity contribution in [1.82, 2.24) is 4.98 Å². The van der Waals surface area contributed by atoms with E-state index >= 15 is 0 Å². The maximum absolute atomic E-state index is 11.8. The van der Waals surface area contributed by atoms with Crippen LogP contribution in [0.25, 0.3) is 11.3 Å². The number of benzene rings is 1. The highest BCUT2D eigenvalue weighted by Gasteiger charge is 2.29. The molecule has 4 N–H and O–H groups in total. The molecule has 3 rings (SSSR count). The fraction of sp³-hybridized carbons (Fsp3) is 0.312. The molecule has 23 heavy (non-hydrogen) atoms. The zero-order valence-corrected chi connectivity index (χ0v) is 13.4. The lowest BCUT2D eigenvalue weighted by atomic mass is 10.1. The zero-order valence-electron chi connectivity index (χ0n) is 12.5. The van der Waals surface area contributed by atoms with Crippen molar-refractivity contribution in [3.05, 3.63) is 29.6 Å². The van der Waals surface area contributed by atoms with Crippen molar-refractivity contribution in [2.75, 3.05) is 17.2 Å². The fourth-order valence-corrected chi connectivity index (χ4v) is 2.86. The van der Waals surface area contributed by atoms with Gasteiger partial charge < -0.3 is 16.4 Å². The second-order valence-corrected chi connectivity index (χ2v) is 6.33. The van der Waals surface area contributed by atoms with E-state index in [1.165, 1.54) is 11.3 Å². The van der Waals surface area contributed by atoms with Gasteiger partial charge in [-0.2, -0.15) is 0 Å². The minimum absolute atomic E-state index is 0.0789. The molecule has 120 valence electrons. The minimum atomic E-state index is -0.140. The van der Waals surface area contributed by atoms with E-state index in [0.29, 0.717) is 11.7 Å². The number of rotatable bonds is 6. The quantitative estimate of drug-likeness (QED) is 0.758. The first-order valence-corrected chi connectivity index (χ1v) is 8.40. The first-order valence-electron chi connectivity index (χ1n) is 7.52. The molecule has 2 amide bonds. The summed E-state index contributed by atoms with van der Waals surface area (Å²) in [5, 5.41) is 8.07. The molecule has 0 spiro atoms. The number of hydrogen-bond acceptors (Lipinski definition) is 5. The number of carbonyl (C=O) groups is 2. The number of aromatic nitrogens is 1. The standard InChI is InChI=1S/C16H18N4O2S/c17-7-6-14(21)20-16-19-13(9-23-16)11-2-1-3-12(8-11)18-15(22)10-4-5-10/h1-3,8-10H,4-7,17H2,(H,18,22)(H,19,20,21). The van der Waals surface area contributed by atoms with Crippen molar-refractivity contribution >= 4 is 34.0 Å². The van der Waals surface area contributed by atoms with E-state index in [1.54, 1.807) is 0 Å². The normalized spacial score (nSPS) is 13.6. The molecule has 1 aromatic carbocycles. The molecule has 0 aliphatic heterocycles. The minimum Gasteiger partial charge on any atom is -0.330 e. The van der Waals surface area contributed by atoms with Crippen molar-refractivity contribution in [1.29, 1.82) is 0 Å². The van der Waals surface area contributed by atoms with Gasteiger partial charge in [0.1, 0.15) is 0 Å². The molecule has 1 fully saturated rings. The van der Waals surface area contributed by atoms with Gasteiger partial charge in [-0.1, -0.05) is 12.1 Å². The van der Waals surface area contributed by atoms with Crippen LogP contribution in [-0.4, -0.2) is 23.3 Å². The van der Waals surface area contributed by atoms with E-state index in [1.807, 2.05) is 29.6 Å². The first-order chi connectivity index (χ1) is 11.2. The fourth-order valence-electron chi connectivity index (χ4n) is 2.12. The Kier molecular flexibility index (Phi) is 4.68. The number of thiazole rings is 1. The molecule has 7 heteroatoms. The molecule has 0 radical (unpaired) electrons. The van der Waals surface area contributed by atoms with Crippen LogP contribution in [0.1, 0.15) is 19.3 Å². The van der Waals surface area contributed by atoms with Crippen molar-refractivity contribution in [2.45, 2.75) is 19.3 Å². The van der Waals surface area contributed by atoms with E-state index in [4.69, 9.17) is 5.73 Å². The zero-order chi connectivity index (χ0) is 16.2. The predicted octanol–water partition coefficient (Wildman–Crippen LogP) is 2.45. The Morgan fingerprint density at radius 2 is 2.13 bits per heavy atom. The summed E-state index contributed by atoms with van der Waals surface area (Å²) < 4.78 is 0. The van der Waals surface area contributed by atoms with Crippen molar-refractivity contribution in [3.63, 3.8) is 0 Å². The van der Waals surface area contributed by atoms with Crippen LogP contribution in [0.5, 0.6) is 0 Å². The van der Waals surface area contributed by atoms with Gasteiger partial charge in [0.2, 0.25) is 11.8 Å². The predicted molar refractivity (Wildman–Crippen MR) is 91.2 cm³/mol. The van der Waals surface area contributed by atoms with Crippen molar-refractivity contribution < 1.29 is 9.59 Å². The van der Waals surface area contributed by atoms with E-state index < -0.39 is 0 Å². The van der Waals surface area contributed by atoms with Gasteiger partial charge in [-0.05, 0) is 25.0 Å². The lowest BCUT2D eigenvalue weighted by Crippen LogP contribution is -2.15. The Hall–Kier alpha value is -2.25. The van der Waals surface area contributed by atoms with Gasteiger partial charge in [0.05, 0.1) is 5.69 Å². The van der Waals surface area contributed by atoms with Crippen molar-refractivity contribution in [2.24, 2.45) is 11.7 Å². The summed E-state index contributed by atoms with van der Waals surface area (Å²) in [4.78, 5) is 27.8. The average molecular weight is 330 g/mol. The molecule has 1 saturated carbocycles. The summed E-state index contributed by atoms with van der Waals surface area (Å²) in [6.45, 7) is 0.312. The largest absolute Gasteiger partial charge is 0.330 e. The summed E-state index contributed by atoms with van der Waals surface area (Å²) in [6.07, 6.45) is 2.23. The molecule has 0 saturated heterocycles. The van der Waals surface area contributed by atoms with Crippen LogP contribution in [0.3, 0.4) is 0 Å². The van der Waals surface area contributed by atoms with Crippen LogP contribution in [0, 0.1) is 5.92 Å². The Morgan fingerprint density at radius 1 is 1.30 bits per heavy atom. The number of nitrogens with zero attached hydrogens (tertiary/aromatic N) is 1. The molecule has 6 nitrogen and oxygen atoms in total. The van der Waals surface area contributed by atoms with Gasteiger partial charge in [-0.15, -0.1) is 11.3 Å². The molecule has 0 bridgehead atoms. The Balaban J connectivity index is 1.70. The molecular weight excluding hydrogens is 312 g/mol. The van der Waals surface area contributed by atoms with Gasteiger partial charge in [0.15, 0.2) is 5.13 Å². The van der Waals surface area contributed by atoms with Crippen LogP contribution in [0.2, 0.25) is 0 Å². The topological polar surface area (TPSA) is 97.1 Å². The average Bonchev–Trinajstić information content (AvgIpc) is 3.28. The monoisotopic (exact) mass is 330 g/mol. The van der Waals surface area contributed by atoms with Gasteiger partial charge in [-0.3, -0.25) is 9.59 Å². The molecule has 0 unspecified atom stereocenters. The van der Waals surface area contributed by atoms with Crippen LogP contribution in [0.4, 0.5) is 10.8 Å². The lowest BCUT2D eigenvalue weighted by Gasteiger charge is -2.05. The highest BCUT2D eigenvalue weighted by molar-refractivity contribution is 7.14. The second-order valence-electron chi connectivity index (χ2n) is 5.47. The van der Waals surface area contributed by atoms with Crippen LogP contribution >= 0.6 is 11.3 Å². The molecule has 2 aromatic rings. The second kappa shape index (κ2) is 6.89. The SMILES string of the molecule is NCCC(=O)Nc1nc(-c2cccc(NC(=O)C3CC3)c2)cs1. The Bertz CT molecular complexity index is 724. The maximum atomic E-state index is 11.8. The summed E-state index contributed by atoms with van der Waals surface area (Å²) >= 11 is 1.36. The third-order valence-corrected chi connectivity index (χ3v) is 4.25. The molecule has 1 aliphatic carbocycles. The van der Waals surface area contributed by atoms with E-state index in [0.717, 1.165) is 29.8 Å². The molecule has 1 aromatic heterocycles. The third-order valence-electron chi connectivity index (χ3n) is 3.50. The van der Waals surface area contributed by atoms with E-state index in [-0.39, 0.29) is 24.2 Å². The Labute approximate surface area is 138 Å². The van der Waals surface area contributed by atoms with Crippen LogP contribution in [-0.2, 0) is 9.59 Å². The smallest absolute Gasteiger partial charge is 0.227 e. The Morgan fingerprint density at radius 3 is 2.87 bits per heavy atom. The van der Waals surface area contributed by atoms with E-state index in [9.17, 15) is 9.59 Å². The number of carbonyl (C=O) groups excluding carboxylic acids is 2. The summed E-state index contributed by atoms with van der Waals surface area (Å²) in [7, 11) is 0. The highest BCUT2D eigenvalue weighted by atomic mass is 32.1. The van der Waals surface area contributed by atoms with Crippen molar-refractivity contribution in [3.8, 4) is 11.3 Å². The summed E-state index contributed by atoms with van der Waals surface area (Å²) in [5.74, 6) is 0.108. The molecule has 1 aliphatic rings. The number of nitrogens with two attached hydrogens (primary N) is 1. The molecule has 1 heterocycles. The lowest BCUT2D eigenvalue weighted by molar-refractivity contribution is -0.117. The number of nitrogens with one attached hydrogen (secondary N) is 2. The number of hydrogen-bond donors (Lipinski definition) is 3. The first kappa shape index (κ1) is 15.6. The maximum Gasteiger partial charge on any atom is 0.227 e. The molecular formula is C16H18N4O2S. The van der Waals surface area contributed by atoms with Gasteiger partial charge in [-0.25, -0.2) is 4.98 Å². The van der Waals surface area contributed by atoms with Gasteiger partial charge in [0.25, 0.3) is 0 Å². The highest BCUT2D eigenvalue weighted by Crippen LogP contribution is 2.31.